The van der Waals surface area contributed by atoms with Gasteiger partial charge < -0.3 is 15.2 Å². The van der Waals surface area contributed by atoms with E-state index in [0.29, 0.717) is 19.5 Å². The molecule has 0 saturated carbocycles. The number of aryl methyl sites for hydroxylation is 1. The molecule has 1 aliphatic heterocycles. The molecule has 0 spiro atoms. The van der Waals surface area contributed by atoms with Crippen LogP contribution in [0.3, 0.4) is 0 Å². The fourth-order valence-corrected chi connectivity index (χ4v) is 4.45. The summed E-state index contributed by atoms with van der Waals surface area (Å²) >= 11 is 0. The molecule has 0 unspecified atom stereocenters. The zero-order chi connectivity index (χ0) is 19.9. The summed E-state index contributed by atoms with van der Waals surface area (Å²) in [6.07, 6.45) is 3.31. The Morgan fingerprint density at radius 1 is 1.19 bits per heavy atom. The minimum atomic E-state index is -3.47. The van der Waals surface area contributed by atoms with Gasteiger partial charge in [0.15, 0.2) is 6.04 Å². The van der Waals surface area contributed by atoms with E-state index in [1.54, 1.807) is 24.3 Å². The number of piperidine rings is 1. The number of ether oxygens (including phenoxy) is 1. The summed E-state index contributed by atoms with van der Waals surface area (Å²) < 4.78 is 31.2. The van der Waals surface area contributed by atoms with Gasteiger partial charge >= 0.3 is 5.97 Å². The molecule has 2 N–H and O–H groups in total. The van der Waals surface area contributed by atoms with Crippen LogP contribution in [-0.2, 0) is 30.8 Å². The predicted molar refractivity (Wildman–Crippen MR) is 98.4 cm³/mol. The van der Waals surface area contributed by atoms with Gasteiger partial charge in [-0.1, -0.05) is 18.6 Å². The van der Waals surface area contributed by atoms with E-state index in [2.05, 4.69) is 10.1 Å². The molecule has 1 heterocycles. The molecule has 1 aromatic carbocycles. The van der Waals surface area contributed by atoms with E-state index in [1.165, 1.54) is 11.4 Å². The first-order valence-electron chi connectivity index (χ1n) is 8.95. The van der Waals surface area contributed by atoms with Crippen LogP contribution in [0, 0.1) is 0 Å². The van der Waals surface area contributed by atoms with Gasteiger partial charge in [-0.2, -0.15) is 4.31 Å². The Balaban J connectivity index is 1.91. The van der Waals surface area contributed by atoms with Gasteiger partial charge in [-0.15, -0.1) is 0 Å². The lowest BCUT2D eigenvalue weighted by atomic mass is 10.1. The molecule has 150 valence electrons. The summed E-state index contributed by atoms with van der Waals surface area (Å²) in [5.74, 6) is -1.11. The number of sulfonamides is 1. The third kappa shape index (κ3) is 5.75. The van der Waals surface area contributed by atoms with Gasteiger partial charge in [-0.3, -0.25) is 4.79 Å². The second-order valence-electron chi connectivity index (χ2n) is 6.43. The van der Waals surface area contributed by atoms with Crippen LogP contribution in [-0.4, -0.2) is 62.6 Å². The number of hydrogen-bond acceptors (Lipinski definition) is 6. The average Bonchev–Trinajstić information content (AvgIpc) is 2.70. The molecule has 2 rings (SSSR count). The maximum absolute atomic E-state index is 12.6. The summed E-state index contributed by atoms with van der Waals surface area (Å²) in [5.41, 5.74) is 0.807. The van der Waals surface area contributed by atoms with E-state index in [9.17, 15) is 18.0 Å². The normalized spacial score (nSPS) is 16.5. The number of rotatable bonds is 8. The van der Waals surface area contributed by atoms with Crippen molar-refractivity contribution in [2.75, 3.05) is 26.8 Å². The summed E-state index contributed by atoms with van der Waals surface area (Å²) in [6.45, 7) is 0.564. The summed E-state index contributed by atoms with van der Waals surface area (Å²) in [7, 11) is -2.29. The largest absolute Gasteiger partial charge is 0.467 e. The minimum Gasteiger partial charge on any atom is -0.467 e. The number of nitrogens with zero attached hydrogens (tertiary/aromatic N) is 1. The van der Waals surface area contributed by atoms with E-state index in [-0.39, 0.29) is 11.3 Å². The van der Waals surface area contributed by atoms with E-state index >= 15 is 0 Å². The SMILES string of the molecule is COC(=O)[C@@H](CO)NC(=O)CCc1ccc(S(=O)(=O)N2CCCCC2)cc1. The van der Waals surface area contributed by atoms with Crippen LogP contribution in [0.2, 0.25) is 0 Å². The first kappa shape index (κ1) is 21.3. The van der Waals surface area contributed by atoms with Crippen LogP contribution in [0.25, 0.3) is 0 Å². The Bertz CT molecular complexity index is 742. The van der Waals surface area contributed by atoms with Gasteiger partial charge in [0.25, 0.3) is 0 Å². The number of hydrogen-bond donors (Lipinski definition) is 2. The number of benzene rings is 1. The van der Waals surface area contributed by atoms with Gasteiger partial charge in [-0.25, -0.2) is 13.2 Å². The monoisotopic (exact) mass is 398 g/mol. The number of carbonyl (C=O) groups is 2. The van der Waals surface area contributed by atoms with E-state index in [4.69, 9.17) is 5.11 Å². The number of carbonyl (C=O) groups excluding carboxylic acids is 2. The van der Waals surface area contributed by atoms with Crippen molar-refractivity contribution in [1.82, 2.24) is 9.62 Å². The number of esters is 1. The van der Waals surface area contributed by atoms with Crippen molar-refractivity contribution in [1.29, 1.82) is 0 Å². The molecule has 8 nitrogen and oxygen atoms in total. The quantitative estimate of drug-likeness (QED) is 0.615. The Morgan fingerprint density at radius 2 is 1.81 bits per heavy atom. The van der Waals surface area contributed by atoms with Crippen molar-refractivity contribution in [3.05, 3.63) is 29.8 Å². The zero-order valence-corrected chi connectivity index (χ0v) is 16.2. The maximum atomic E-state index is 12.6. The highest BCUT2D eigenvalue weighted by molar-refractivity contribution is 7.89. The Morgan fingerprint density at radius 3 is 2.37 bits per heavy atom. The van der Waals surface area contributed by atoms with Gasteiger partial charge in [0.1, 0.15) is 0 Å². The molecule has 1 fully saturated rings. The molecule has 1 aromatic rings. The number of aliphatic hydroxyl groups excluding tert-OH is 1. The smallest absolute Gasteiger partial charge is 0.330 e. The summed E-state index contributed by atoms with van der Waals surface area (Å²) in [4.78, 5) is 23.5. The van der Waals surface area contributed by atoms with Crippen LogP contribution in [0.1, 0.15) is 31.2 Å². The van der Waals surface area contributed by atoms with E-state index in [0.717, 1.165) is 24.8 Å². The fourth-order valence-electron chi connectivity index (χ4n) is 2.93. The van der Waals surface area contributed by atoms with Crippen molar-refractivity contribution in [3.63, 3.8) is 0 Å². The molecule has 1 saturated heterocycles. The lowest BCUT2D eigenvalue weighted by molar-refractivity contribution is -0.146. The Kier molecular flexibility index (Phi) is 7.76. The zero-order valence-electron chi connectivity index (χ0n) is 15.4. The third-order valence-corrected chi connectivity index (χ3v) is 6.43. The Hall–Kier alpha value is -1.97. The number of methoxy groups -OCH3 is 1. The van der Waals surface area contributed by atoms with Crippen molar-refractivity contribution in [2.45, 2.75) is 43.0 Å². The second-order valence-corrected chi connectivity index (χ2v) is 8.37. The molecule has 27 heavy (non-hydrogen) atoms. The molecule has 1 amide bonds. The summed E-state index contributed by atoms with van der Waals surface area (Å²) in [6, 6.07) is 5.41. The highest BCUT2D eigenvalue weighted by atomic mass is 32.2. The summed E-state index contributed by atoms with van der Waals surface area (Å²) in [5, 5.41) is 11.5. The highest BCUT2D eigenvalue weighted by Crippen LogP contribution is 2.21. The molecule has 0 bridgehead atoms. The first-order valence-corrected chi connectivity index (χ1v) is 10.4. The van der Waals surface area contributed by atoms with Crippen molar-refractivity contribution >= 4 is 21.9 Å². The lowest BCUT2D eigenvalue weighted by Crippen LogP contribution is -2.44. The maximum Gasteiger partial charge on any atom is 0.330 e. The molecule has 1 aliphatic rings. The van der Waals surface area contributed by atoms with Gasteiger partial charge in [0.05, 0.1) is 18.6 Å². The van der Waals surface area contributed by atoms with Crippen LogP contribution >= 0.6 is 0 Å². The first-order chi connectivity index (χ1) is 12.9. The number of aliphatic hydroxyl groups is 1. The Labute approximate surface area is 159 Å². The van der Waals surface area contributed by atoms with Crippen molar-refractivity contribution < 1.29 is 27.9 Å². The molecule has 0 aliphatic carbocycles. The number of nitrogens with one attached hydrogen (secondary N) is 1. The predicted octanol–water partition coefficient (Wildman–Crippen LogP) is 0.444. The average molecular weight is 398 g/mol. The molecule has 9 heteroatoms. The van der Waals surface area contributed by atoms with E-state index < -0.39 is 34.5 Å². The van der Waals surface area contributed by atoms with Gasteiger partial charge in [0.2, 0.25) is 15.9 Å². The topological polar surface area (TPSA) is 113 Å². The molecule has 0 radical (unpaired) electrons. The fraction of sp³-hybridized carbons (Fsp3) is 0.556. The number of amides is 1. The third-order valence-electron chi connectivity index (χ3n) is 4.52. The van der Waals surface area contributed by atoms with E-state index in [1.807, 2.05) is 0 Å². The lowest BCUT2D eigenvalue weighted by Gasteiger charge is -2.25. The minimum absolute atomic E-state index is 0.103. The molecule has 0 aromatic heterocycles. The van der Waals surface area contributed by atoms with Crippen molar-refractivity contribution in [2.24, 2.45) is 0 Å². The molecular weight excluding hydrogens is 372 g/mol. The second kappa shape index (κ2) is 9.82. The van der Waals surface area contributed by atoms with Crippen molar-refractivity contribution in [3.8, 4) is 0 Å². The standard InChI is InChI=1S/C18H26N2O6S/c1-26-18(23)16(13-21)19-17(22)10-7-14-5-8-15(9-6-14)27(24,25)20-11-3-2-4-12-20/h5-6,8-9,16,21H,2-4,7,10-13H2,1H3,(H,19,22)/t16-/m1/s1. The van der Waals surface area contributed by atoms with Crippen LogP contribution in [0.5, 0.6) is 0 Å². The highest BCUT2D eigenvalue weighted by Gasteiger charge is 2.25. The van der Waals surface area contributed by atoms with Crippen LogP contribution in [0.15, 0.2) is 29.2 Å². The van der Waals surface area contributed by atoms with Gasteiger partial charge in [0, 0.05) is 19.5 Å². The van der Waals surface area contributed by atoms with Crippen LogP contribution in [0.4, 0.5) is 0 Å². The molecule has 1 atom stereocenters. The van der Waals surface area contributed by atoms with Gasteiger partial charge in [-0.05, 0) is 37.0 Å². The van der Waals surface area contributed by atoms with Crippen LogP contribution < -0.4 is 5.32 Å². The molecular formula is C18H26N2O6S.